The summed E-state index contributed by atoms with van der Waals surface area (Å²) in [7, 11) is 0. The molecule has 0 aliphatic carbocycles. The maximum absolute atomic E-state index is 6.35. The molecule has 4 heterocycles. The predicted molar refractivity (Wildman–Crippen MR) is 93.2 cm³/mol. The summed E-state index contributed by atoms with van der Waals surface area (Å²) in [4.78, 5) is 10.5. The van der Waals surface area contributed by atoms with Crippen LogP contribution in [0.25, 0.3) is 10.9 Å². The molecule has 4 nitrogen and oxygen atoms in total. The van der Waals surface area contributed by atoms with Crippen molar-refractivity contribution >= 4 is 27.4 Å². The fourth-order valence-corrected chi connectivity index (χ4v) is 4.79. The Kier molecular flexibility index (Phi) is 3.00. The molecule has 0 bridgehead atoms. The first kappa shape index (κ1) is 13.6. The predicted octanol–water partition coefficient (Wildman–Crippen LogP) is 3.69. The van der Waals surface area contributed by atoms with Crippen molar-refractivity contribution in [2.24, 2.45) is 0 Å². The summed E-state index contributed by atoms with van der Waals surface area (Å²) in [6, 6.07) is 8.63. The quantitative estimate of drug-likeness (QED) is 0.742. The van der Waals surface area contributed by atoms with Gasteiger partial charge < -0.3 is 14.6 Å². The molecule has 1 N–H and O–H groups in total. The lowest BCUT2D eigenvalue weighted by molar-refractivity contribution is -0.0790. The second-order valence-electron chi connectivity index (χ2n) is 6.42. The Balaban J connectivity index is 1.51. The molecule has 5 rings (SSSR count). The van der Waals surface area contributed by atoms with E-state index in [-0.39, 0.29) is 5.60 Å². The maximum atomic E-state index is 6.35. The lowest BCUT2D eigenvalue weighted by Gasteiger charge is -2.43. The zero-order chi connectivity index (χ0) is 15.3. The smallest absolute Gasteiger partial charge is 0.185 e. The molecule has 118 valence electrons. The summed E-state index contributed by atoms with van der Waals surface area (Å²) >= 11 is 1.72. The number of para-hydroxylation sites is 1. The first-order valence-corrected chi connectivity index (χ1v) is 9.12. The number of ether oxygens (including phenoxy) is 1. The van der Waals surface area contributed by atoms with E-state index in [1.807, 2.05) is 11.6 Å². The van der Waals surface area contributed by atoms with Crippen LogP contribution in [0.2, 0.25) is 0 Å². The minimum Gasteiger partial charge on any atom is -0.368 e. The minimum atomic E-state index is -0.139. The monoisotopic (exact) mass is 325 g/mol. The number of nitrogens with one attached hydrogen (secondary N) is 1. The van der Waals surface area contributed by atoms with Crippen LogP contribution in [0.1, 0.15) is 24.1 Å². The van der Waals surface area contributed by atoms with Crippen molar-refractivity contribution < 1.29 is 4.74 Å². The van der Waals surface area contributed by atoms with Crippen molar-refractivity contribution in [3.05, 3.63) is 47.1 Å². The highest BCUT2D eigenvalue weighted by molar-refractivity contribution is 7.13. The fourth-order valence-electron chi connectivity index (χ4n) is 4.09. The Hall–Kier alpha value is -1.85. The van der Waals surface area contributed by atoms with E-state index in [2.05, 4.69) is 39.1 Å². The first-order valence-electron chi connectivity index (χ1n) is 8.24. The molecule has 3 aromatic rings. The third-order valence-corrected chi connectivity index (χ3v) is 6.09. The van der Waals surface area contributed by atoms with Gasteiger partial charge in [0, 0.05) is 35.6 Å². The number of piperidine rings is 1. The standard InChI is InChI=1S/C18H19N3OS/c1-2-4-15-13(3-1)14-5-11-22-18(16(14)20-15)6-9-21(10-7-18)17-19-8-12-23-17/h1-4,8,12,20H,5-7,9-11H2. The molecule has 0 amide bonds. The summed E-state index contributed by atoms with van der Waals surface area (Å²) in [5.41, 5.74) is 3.89. The lowest BCUT2D eigenvalue weighted by atomic mass is 9.83. The van der Waals surface area contributed by atoms with Gasteiger partial charge in [-0.15, -0.1) is 11.3 Å². The highest BCUT2D eigenvalue weighted by atomic mass is 32.1. The second kappa shape index (κ2) is 5.08. The Labute approximate surface area is 139 Å². The number of aromatic nitrogens is 2. The van der Waals surface area contributed by atoms with Crippen molar-refractivity contribution in [1.29, 1.82) is 0 Å². The topological polar surface area (TPSA) is 41.2 Å². The molecule has 5 heteroatoms. The number of nitrogens with zero attached hydrogens (tertiary/aromatic N) is 2. The highest BCUT2D eigenvalue weighted by Gasteiger charge is 2.43. The zero-order valence-electron chi connectivity index (χ0n) is 12.9. The van der Waals surface area contributed by atoms with Gasteiger partial charge in [-0.2, -0.15) is 0 Å². The summed E-state index contributed by atoms with van der Waals surface area (Å²) < 4.78 is 6.35. The number of hydrogen-bond donors (Lipinski definition) is 1. The van der Waals surface area contributed by atoms with Crippen LogP contribution in [-0.4, -0.2) is 29.7 Å². The Morgan fingerprint density at radius 1 is 1.22 bits per heavy atom. The number of fused-ring (bicyclic) bond motifs is 4. The molecule has 0 atom stereocenters. The van der Waals surface area contributed by atoms with Crippen molar-refractivity contribution in [3.63, 3.8) is 0 Å². The number of benzene rings is 1. The molecule has 23 heavy (non-hydrogen) atoms. The van der Waals surface area contributed by atoms with Gasteiger partial charge in [-0.1, -0.05) is 18.2 Å². The van der Waals surface area contributed by atoms with Crippen molar-refractivity contribution in [2.75, 3.05) is 24.6 Å². The summed E-state index contributed by atoms with van der Waals surface area (Å²) in [5.74, 6) is 0. The molecule has 0 unspecified atom stereocenters. The van der Waals surface area contributed by atoms with E-state index in [1.54, 1.807) is 11.3 Å². The maximum Gasteiger partial charge on any atom is 0.185 e. The van der Waals surface area contributed by atoms with E-state index in [9.17, 15) is 0 Å². The normalized spacial score (nSPS) is 20.1. The van der Waals surface area contributed by atoms with Gasteiger partial charge >= 0.3 is 0 Å². The van der Waals surface area contributed by atoms with Crippen LogP contribution in [0.15, 0.2) is 35.8 Å². The van der Waals surface area contributed by atoms with Crippen molar-refractivity contribution in [1.82, 2.24) is 9.97 Å². The first-order chi connectivity index (χ1) is 11.4. The fraction of sp³-hybridized carbons (Fsp3) is 0.389. The summed E-state index contributed by atoms with van der Waals surface area (Å²) in [6.45, 7) is 2.83. The number of rotatable bonds is 1. The van der Waals surface area contributed by atoms with Crippen LogP contribution < -0.4 is 4.90 Å². The van der Waals surface area contributed by atoms with Gasteiger partial charge in [-0.3, -0.25) is 0 Å². The molecule has 1 spiro atoms. The molecule has 2 aromatic heterocycles. The molecule has 0 saturated carbocycles. The lowest BCUT2D eigenvalue weighted by Crippen LogP contribution is -2.46. The van der Waals surface area contributed by atoms with Gasteiger partial charge in [-0.25, -0.2) is 4.98 Å². The molecule has 2 aliphatic rings. The zero-order valence-corrected chi connectivity index (χ0v) is 13.7. The van der Waals surface area contributed by atoms with Gasteiger partial charge in [0.2, 0.25) is 0 Å². The molecule has 1 aromatic carbocycles. The van der Waals surface area contributed by atoms with Crippen LogP contribution >= 0.6 is 11.3 Å². The van der Waals surface area contributed by atoms with Crippen LogP contribution in [0.5, 0.6) is 0 Å². The second-order valence-corrected chi connectivity index (χ2v) is 7.29. The number of aromatic amines is 1. The summed E-state index contributed by atoms with van der Waals surface area (Å²) in [6.07, 6.45) is 4.94. The van der Waals surface area contributed by atoms with E-state index >= 15 is 0 Å². The van der Waals surface area contributed by atoms with E-state index in [1.165, 1.54) is 22.2 Å². The largest absolute Gasteiger partial charge is 0.368 e. The third kappa shape index (κ3) is 2.03. The SMILES string of the molecule is c1ccc2c3c([nH]c2c1)C1(CCN(c2nccs2)CC1)OCC3. The number of hydrogen-bond acceptors (Lipinski definition) is 4. The Morgan fingerprint density at radius 2 is 2.09 bits per heavy atom. The summed E-state index contributed by atoms with van der Waals surface area (Å²) in [5, 5.41) is 4.55. The van der Waals surface area contributed by atoms with Gasteiger partial charge in [0.15, 0.2) is 5.13 Å². The van der Waals surface area contributed by atoms with Crippen molar-refractivity contribution in [3.8, 4) is 0 Å². The molecular formula is C18H19N3OS. The van der Waals surface area contributed by atoms with Crippen LogP contribution in [0, 0.1) is 0 Å². The molecule has 2 aliphatic heterocycles. The van der Waals surface area contributed by atoms with Crippen molar-refractivity contribution in [2.45, 2.75) is 24.9 Å². The van der Waals surface area contributed by atoms with E-state index in [0.29, 0.717) is 0 Å². The van der Waals surface area contributed by atoms with Gasteiger partial charge in [0.05, 0.1) is 12.3 Å². The average molecular weight is 325 g/mol. The van der Waals surface area contributed by atoms with Crippen LogP contribution in [0.4, 0.5) is 5.13 Å². The number of H-pyrrole nitrogens is 1. The Bertz CT molecular complexity index is 831. The van der Waals surface area contributed by atoms with Gasteiger partial charge in [-0.05, 0) is 30.9 Å². The highest BCUT2D eigenvalue weighted by Crippen LogP contribution is 2.44. The molecular weight excluding hydrogens is 306 g/mol. The number of anilines is 1. The molecule has 1 saturated heterocycles. The minimum absolute atomic E-state index is 0.139. The van der Waals surface area contributed by atoms with Gasteiger partial charge in [0.1, 0.15) is 5.60 Å². The Morgan fingerprint density at radius 3 is 2.91 bits per heavy atom. The third-order valence-electron chi connectivity index (χ3n) is 5.26. The van der Waals surface area contributed by atoms with Gasteiger partial charge in [0.25, 0.3) is 0 Å². The average Bonchev–Trinajstić information content (AvgIpc) is 3.24. The van der Waals surface area contributed by atoms with E-state index < -0.39 is 0 Å². The van der Waals surface area contributed by atoms with E-state index in [4.69, 9.17) is 4.74 Å². The number of thiazole rings is 1. The van der Waals surface area contributed by atoms with Crippen LogP contribution in [-0.2, 0) is 16.8 Å². The van der Waals surface area contributed by atoms with Crippen LogP contribution in [0.3, 0.4) is 0 Å². The van der Waals surface area contributed by atoms with E-state index in [0.717, 1.165) is 44.1 Å². The molecule has 1 fully saturated rings. The molecule has 0 radical (unpaired) electrons.